The van der Waals surface area contributed by atoms with Crippen LogP contribution in [0.2, 0.25) is 0 Å². The van der Waals surface area contributed by atoms with Crippen LogP contribution in [0.15, 0.2) is 194 Å². The van der Waals surface area contributed by atoms with Crippen LogP contribution in [0.5, 0.6) is 11.5 Å². The molecule has 0 fully saturated rings. The molecule has 0 aromatic heterocycles. The molecule has 0 amide bonds. The molecule has 8 aromatic rings. The van der Waals surface area contributed by atoms with Crippen LogP contribution in [0, 0.1) is 0 Å². The van der Waals surface area contributed by atoms with Crippen LogP contribution in [-0.2, 0) is 0 Å². The van der Waals surface area contributed by atoms with Crippen LogP contribution >= 0.6 is 0 Å². The number of fused-ring (bicyclic) bond motifs is 2. The summed E-state index contributed by atoms with van der Waals surface area (Å²) in [6.45, 7) is 0. The third kappa shape index (κ3) is 5.18. The largest absolute Gasteiger partial charge is 0.455 e. The first-order chi connectivity index (χ1) is 24.3. The summed E-state index contributed by atoms with van der Waals surface area (Å²) in [5, 5.41) is 2.29. The van der Waals surface area contributed by atoms with Gasteiger partial charge in [-0.2, -0.15) is 0 Å². The molecule has 0 aliphatic carbocycles. The van der Waals surface area contributed by atoms with Gasteiger partial charge in [0.2, 0.25) is 0 Å². The summed E-state index contributed by atoms with van der Waals surface area (Å²) in [5.74, 6) is 1.75. The maximum Gasteiger partial charge on any atom is 0.143 e. The minimum absolute atomic E-state index is 0.855. The first-order valence-corrected chi connectivity index (χ1v) is 16.6. The standard InChI is InChI=1S/C46H32N2O/c1-5-15-35(16-6-1)47(36-17-7-2-8-18-36)39-27-24-33(25-28-39)41-30-26-34-14-13-23-42-43-32-40(29-31-44(43)49-46(41)45(34)42)48(37-19-9-3-10-20-37)38-21-11-4-12-22-38/h1-32H. The van der Waals surface area contributed by atoms with Crippen LogP contribution in [-0.4, -0.2) is 0 Å². The molecular weight excluding hydrogens is 597 g/mol. The predicted molar refractivity (Wildman–Crippen MR) is 204 cm³/mol. The van der Waals surface area contributed by atoms with Gasteiger partial charge in [0.15, 0.2) is 0 Å². The quantitative estimate of drug-likeness (QED) is 0.175. The Labute approximate surface area is 286 Å². The van der Waals surface area contributed by atoms with Crippen LogP contribution in [0.3, 0.4) is 0 Å². The van der Waals surface area contributed by atoms with Crippen molar-refractivity contribution in [2.45, 2.75) is 0 Å². The highest BCUT2D eigenvalue weighted by Crippen LogP contribution is 2.52. The number of anilines is 6. The van der Waals surface area contributed by atoms with Crippen LogP contribution in [0.25, 0.3) is 33.0 Å². The fourth-order valence-electron chi connectivity index (χ4n) is 6.96. The van der Waals surface area contributed by atoms with Crippen molar-refractivity contribution in [2.24, 2.45) is 0 Å². The van der Waals surface area contributed by atoms with Crippen molar-refractivity contribution >= 4 is 44.9 Å². The third-order valence-corrected chi connectivity index (χ3v) is 9.22. The molecule has 0 atom stereocenters. The second kappa shape index (κ2) is 12.2. The Balaban J connectivity index is 1.14. The average Bonchev–Trinajstić information content (AvgIpc) is 3.18. The molecule has 0 bridgehead atoms. The van der Waals surface area contributed by atoms with Gasteiger partial charge in [-0.25, -0.2) is 0 Å². The van der Waals surface area contributed by atoms with Gasteiger partial charge in [0.25, 0.3) is 0 Å². The Hall–Kier alpha value is -6.58. The molecule has 1 aliphatic heterocycles. The van der Waals surface area contributed by atoms with Crippen molar-refractivity contribution in [2.75, 3.05) is 9.80 Å². The van der Waals surface area contributed by atoms with Gasteiger partial charge in [-0.05, 0) is 101 Å². The molecule has 232 valence electrons. The van der Waals surface area contributed by atoms with Crippen molar-refractivity contribution in [3.63, 3.8) is 0 Å². The fraction of sp³-hybridized carbons (Fsp3) is 0. The highest BCUT2D eigenvalue weighted by Gasteiger charge is 2.25. The molecule has 8 aromatic carbocycles. The van der Waals surface area contributed by atoms with Gasteiger partial charge < -0.3 is 14.5 Å². The minimum atomic E-state index is 0.855. The lowest BCUT2D eigenvalue weighted by Gasteiger charge is -2.28. The number of ether oxygens (including phenoxy) is 1. The zero-order valence-corrected chi connectivity index (χ0v) is 26.8. The van der Waals surface area contributed by atoms with Crippen LogP contribution in [0.4, 0.5) is 34.1 Å². The summed E-state index contributed by atoms with van der Waals surface area (Å²) >= 11 is 0. The molecule has 0 unspecified atom stereocenters. The number of para-hydroxylation sites is 4. The Morgan fingerprint density at radius 3 is 1.37 bits per heavy atom. The van der Waals surface area contributed by atoms with Gasteiger partial charge >= 0.3 is 0 Å². The zero-order chi connectivity index (χ0) is 32.6. The van der Waals surface area contributed by atoms with Crippen molar-refractivity contribution in [3.8, 4) is 33.8 Å². The molecule has 49 heavy (non-hydrogen) atoms. The Morgan fingerprint density at radius 1 is 0.327 bits per heavy atom. The Morgan fingerprint density at radius 2 is 0.816 bits per heavy atom. The van der Waals surface area contributed by atoms with Crippen LogP contribution < -0.4 is 14.5 Å². The number of hydrogen-bond acceptors (Lipinski definition) is 3. The molecule has 1 heterocycles. The van der Waals surface area contributed by atoms with E-state index in [-0.39, 0.29) is 0 Å². The molecule has 3 heteroatoms. The summed E-state index contributed by atoms with van der Waals surface area (Å²) in [5.41, 5.74) is 11.0. The number of nitrogens with zero attached hydrogens (tertiary/aromatic N) is 2. The predicted octanol–water partition coefficient (Wildman–Crippen LogP) is 13.2. The maximum absolute atomic E-state index is 6.87. The lowest BCUT2D eigenvalue weighted by molar-refractivity contribution is 0.489. The second-order valence-corrected chi connectivity index (χ2v) is 12.2. The number of hydrogen-bond donors (Lipinski definition) is 0. The van der Waals surface area contributed by atoms with Crippen molar-refractivity contribution in [1.82, 2.24) is 0 Å². The molecular formula is C46H32N2O. The van der Waals surface area contributed by atoms with Gasteiger partial charge in [-0.3, -0.25) is 0 Å². The van der Waals surface area contributed by atoms with Crippen molar-refractivity contribution in [3.05, 3.63) is 194 Å². The average molecular weight is 629 g/mol. The molecule has 0 spiro atoms. The summed E-state index contributed by atoms with van der Waals surface area (Å²) in [6.07, 6.45) is 0. The summed E-state index contributed by atoms with van der Waals surface area (Å²) < 4.78 is 6.87. The highest BCUT2D eigenvalue weighted by atomic mass is 16.5. The first kappa shape index (κ1) is 28.6. The smallest absolute Gasteiger partial charge is 0.143 e. The van der Waals surface area contributed by atoms with E-state index in [9.17, 15) is 0 Å². The Kier molecular flexibility index (Phi) is 7.14. The minimum Gasteiger partial charge on any atom is -0.455 e. The SMILES string of the molecule is c1ccc(N(c2ccccc2)c2ccc(-c3ccc4cccc5c4c3Oc3ccc(N(c4ccccc4)c4ccccc4)cc3-5)cc2)cc1. The van der Waals surface area contributed by atoms with Gasteiger partial charge in [-0.15, -0.1) is 0 Å². The van der Waals surface area contributed by atoms with E-state index in [1.54, 1.807) is 0 Å². The third-order valence-electron chi connectivity index (χ3n) is 9.22. The number of rotatable bonds is 7. The lowest BCUT2D eigenvalue weighted by Crippen LogP contribution is -2.10. The highest BCUT2D eigenvalue weighted by molar-refractivity contribution is 6.08. The first-order valence-electron chi connectivity index (χ1n) is 16.6. The molecule has 0 radical (unpaired) electrons. The molecule has 0 saturated heterocycles. The van der Waals surface area contributed by atoms with E-state index in [0.717, 1.165) is 73.1 Å². The normalized spacial score (nSPS) is 11.4. The van der Waals surface area contributed by atoms with Gasteiger partial charge in [0.1, 0.15) is 11.5 Å². The van der Waals surface area contributed by atoms with E-state index < -0.39 is 0 Å². The fourth-order valence-corrected chi connectivity index (χ4v) is 6.96. The summed E-state index contributed by atoms with van der Waals surface area (Å²) in [4.78, 5) is 4.58. The van der Waals surface area contributed by atoms with Crippen LogP contribution in [0.1, 0.15) is 0 Å². The molecule has 3 nitrogen and oxygen atoms in total. The van der Waals surface area contributed by atoms with E-state index in [2.05, 4.69) is 204 Å². The van der Waals surface area contributed by atoms with Crippen molar-refractivity contribution < 1.29 is 4.74 Å². The maximum atomic E-state index is 6.87. The van der Waals surface area contributed by atoms with E-state index in [4.69, 9.17) is 4.74 Å². The molecule has 0 saturated carbocycles. The molecule has 0 N–H and O–H groups in total. The van der Waals surface area contributed by atoms with E-state index in [1.807, 2.05) is 0 Å². The molecule has 1 aliphatic rings. The lowest BCUT2D eigenvalue weighted by atomic mass is 9.91. The second-order valence-electron chi connectivity index (χ2n) is 12.2. The monoisotopic (exact) mass is 628 g/mol. The van der Waals surface area contributed by atoms with E-state index in [1.165, 1.54) is 5.56 Å². The van der Waals surface area contributed by atoms with E-state index >= 15 is 0 Å². The van der Waals surface area contributed by atoms with Gasteiger partial charge in [0.05, 0.1) is 0 Å². The van der Waals surface area contributed by atoms with E-state index in [0.29, 0.717) is 0 Å². The topological polar surface area (TPSA) is 15.7 Å². The van der Waals surface area contributed by atoms with Gasteiger partial charge in [0, 0.05) is 50.6 Å². The Bertz CT molecular complexity index is 2310. The van der Waals surface area contributed by atoms with Crippen molar-refractivity contribution in [1.29, 1.82) is 0 Å². The molecule has 9 rings (SSSR count). The summed E-state index contributed by atoms with van der Waals surface area (Å²) in [6, 6.07) is 68.3. The van der Waals surface area contributed by atoms with Gasteiger partial charge in [-0.1, -0.05) is 109 Å². The zero-order valence-electron chi connectivity index (χ0n) is 26.8. The summed E-state index contributed by atoms with van der Waals surface area (Å²) in [7, 11) is 0. The number of benzene rings is 8.